The number of rotatable bonds is 6. The Hall–Kier alpha value is -2.95. The van der Waals surface area contributed by atoms with Gasteiger partial charge in [-0.3, -0.25) is 4.79 Å². The van der Waals surface area contributed by atoms with Crippen LogP contribution in [0.2, 0.25) is 0 Å². The van der Waals surface area contributed by atoms with Crippen molar-refractivity contribution >= 4 is 5.78 Å². The highest BCUT2D eigenvalue weighted by molar-refractivity contribution is 6.09. The second-order valence-corrected chi connectivity index (χ2v) is 5.93. The number of ether oxygens (including phenoxy) is 2. The molecule has 1 aliphatic rings. The first-order valence-electron chi connectivity index (χ1n) is 8.18. The summed E-state index contributed by atoms with van der Waals surface area (Å²) in [5, 5.41) is 0. The van der Waals surface area contributed by atoms with E-state index in [9.17, 15) is 4.79 Å². The molecule has 0 fully saturated rings. The van der Waals surface area contributed by atoms with Crippen LogP contribution in [0.4, 0.5) is 0 Å². The van der Waals surface area contributed by atoms with E-state index >= 15 is 0 Å². The van der Waals surface area contributed by atoms with Crippen LogP contribution in [0.25, 0.3) is 0 Å². The molecule has 1 aliphatic heterocycles. The van der Waals surface area contributed by atoms with Gasteiger partial charge in [-0.1, -0.05) is 30.3 Å². The van der Waals surface area contributed by atoms with Crippen LogP contribution in [-0.4, -0.2) is 31.4 Å². The number of nitrogens with zero attached hydrogens (tertiary/aromatic N) is 1. The zero-order valence-electron chi connectivity index (χ0n) is 14.5. The van der Waals surface area contributed by atoms with Gasteiger partial charge in [-0.15, -0.1) is 0 Å². The van der Waals surface area contributed by atoms with Crippen molar-refractivity contribution < 1.29 is 14.3 Å². The fourth-order valence-corrected chi connectivity index (χ4v) is 3.05. The van der Waals surface area contributed by atoms with Gasteiger partial charge in [0.1, 0.15) is 5.70 Å². The molecule has 0 amide bonds. The Bertz CT molecular complexity index is 800. The van der Waals surface area contributed by atoms with Crippen LogP contribution < -0.4 is 15.2 Å². The van der Waals surface area contributed by atoms with Crippen LogP contribution in [-0.2, 0) is 6.54 Å². The minimum Gasteiger partial charge on any atom is -0.493 e. The molecule has 0 aromatic heterocycles. The Morgan fingerprint density at radius 2 is 1.80 bits per heavy atom. The van der Waals surface area contributed by atoms with E-state index < -0.39 is 0 Å². The molecule has 0 spiro atoms. The third-order valence-corrected chi connectivity index (χ3v) is 4.35. The Balaban J connectivity index is 1.88. The molecule has 2 N–H and O–H groups in total. The SMILES string of the molecule is COc1ccc(C(=O)C2=C(N)CCN2Cc2ccccc2)cc1OC. The van der Waals surface area contributed by atoms with E-state index in [2.05, 4.69) is 0 Å². The van der Waals surface area contributed by atoms with Gasteiger partial charge in [-0.05, 0) is 23.8 Å². The van der Waals surface area contributed by atoms with E-state index in [1.165, 1.54) is 0 Å². The lowest BCUT2D eigenvalue weighted by molar-refractivity contribution is 0.0994. The van der Waals surface area contributed by atoms with Crippen LogP contribution in [0, 0.1) is 0 Å². The summed E-state index contributed by atoms with van der Waals surface area (Å²) in [5.74, 6) is 1.03. The van der Waals surface area contributed by atoms with E-state index in [1.54, 1.807) is 32.4 Å². The fraction of sp³-hybridized carbons (Fsp3) is 0.250. The predicted octanol–water partition coefficient (Wildman–Crippen LogP) is 2.96. The molecule has 0 bridgehead atoms. The van der Waals surface area contributed by atoms with Gasteiger partial charge in [-0.2, -0.15) is 0 Å². The van der Waals surface area contributed by atoms with E-state index in [-0.39, 0.29) is 5.78 Å². The van der Waals surface area contributed by atoms with Crippen LogP contribution in [0.3, 0.4) is 0 Å². The summed E-state index contributed by atoms with van der Waals surface area (Å²) < 4.78 is 10.5. The number of allylic oxidation sites excluding steroid dienone is 1. The van der Waals surface area contributed by atoms with E-state index in [0.717, 1.165) is 12.1 Å². The number of hydrogen-bond acceptors (Lipinski definition) is 5. The van der Waals surface area contributed by atoms with E-state index in [4.69, 9.17) is 15.2 Å². The van der Waals surface area contributed by atoms with Gasteiger partial charge in [-0.25, -0.2) is 0 Å². The van der Waals surface area contributed by atoms with E-state index in [1.807, 2.05) is 35.2 Å². The van der Waals surface area contributed by atoms with Crippen molar-refractivity contribution in [1.29, 1.82) is 0 Å². The lowest BCUT2D eigenvalue weighted by Gasteiger charge is -2.22. The lowest BCUT2D eigenvalue weighted by atomic mass is 10.1. The number of carbonyl (C=O) groups excluding carboxylic acids is 1. The molecular weight excluding hydrogens is 316 g/mol. The average Bonchev–Trinajstić information content (AvgIpc) is 3.01. The number of carbonyl (C=O) groups is 1. The average molecular weight is 338 g/mol. The van der Waals surface area contributed by atoms with Crippen LogP contribution in [0.5, 0.6) is 11.5 Å². The number of Topliss-reactive ketones (excluding diaryl/α,β-unsaturated/α-hetero) is 1. The van der Waals surface area contributed by atoms with Gasteiger partial charge in [0.2, 0.25) is 5.78 Å². The van der Waals surface area contributed by atoms with Gasteiger partial charge in [0.15, 0.2) is 11.5 Å². The normalized spacial score (nSPS) is 13.9. The summed E-state index contributed by atoms with van der Waals surface area (Å²) in [4.78, 5) is 15.1. The highest BCUT2D eigenvalue weighted by Crippen LogP contribution is 2.31. The van der Waals surface area contributed by atoms with Gasteiger partial charge in [0, 0.05) is 30.8 Å². The molecule has 0 saturated heterocycles. The van der Waals surface area contributed by atoms with Gasteiger partial charge >= 0.3 is 0 Å². The first kappa shape index (κ1) is 16.9. The van der Waals surface area contributed by atoms with Crippen molar-refractivity contribution in [1.82, 2.24) is 4.90 Å². The molecule has 2 aromatic rings. The number of benzene rings is 2. The van der Waals surface area contributed by atoms with Crippen LogP contribution in [0.15, 0.2) is 59.9 Å². The second kappa shape index (κ2) is 7.30. The monoisotopic (exact) mass is 338 g/mol. The topological polar surface area (TPSA) is 64.8 Å². The zero-order valence-corrected chi connectivity index (χ0v) is 14.5. The molecule has 3 rings (SSSR count). The molecule has 0 unspecified atom stereocenters. The largest absolute Gasteiger partial charge is 0.493 e. The third kappa shape index (κ3) is 3.45. The van der Waals surface area contributed by atoms with Gasteiger partial charge in [0.25, 0.3) is 0 Å². The molecule has 1 heterocycles. The number of nitrogens with two attached hydrogens (primary N) is 1. The highest BCUT2D eigenvalue weighted by atomic mass is 16.5. The summed E-state index contributed by atoms with van der Waals surface area (Å²) in [6.07, 6.45) is 0.696. The van der Waals surface area contributed by atoms with Crippen molar-refractivity contribution in [3.63, 3.8) is 0 Å². The summed E-state index contributed by atoms with van der Waals surface area (Å²) in [5.41, 5.74) is 9.05. The van der Waals surface area contributed by atoms with Gasteiger partial charge in [0.05, 0.1) is 14.2 Å². The Labute approximate surface area is 147 Å². The predicted molar refractivity (Wildman–Crippen MR) is 96.6 cm³/mol. The first-order chi connectivity index (χ1) is 12.1. The lowest BCUT2D eigenvalue weighted by Crippen LogP contribution is -2.25. The minimum absolute atomic E-state index is 0.0908. The molecule has 0 saturated carbocycles. The molecule has 5 heteroatoms. The molecule has 0 atom stereocenters. The fourth-order valence-electron chi connectivity index (χ4n) is 3.05. The standard InChI is InChI=1S/C20H22N2O3/c1-24-17-9-8-15(12-18(17)25-2)20(23)19-16(21)10-11-22(19)13-14-6-4-3-5-7-14/h3-9,12H,10-11,13,21H2,1-2H3. The maximum absolute atomic E-state index is 13.0. The molecular formula is C20H22N2O3. The quantitative estimate of drug-likeness (QED) is 0.821. The summed E-state index contributed by atoms with van der Waals surface area (Å²) >= 11 is 0. The van der Waals surface area contributed by atoms with Crippen molar-refractivity contribution in [2.75, 3.05) is 20.8 Å². The molecule has 25 heavy (non-hydrogen) atoms. The summed E-state index contributed by atoms with van der Waals surface area (Å²) in [7, 11) is 3.12. The maximum Gasteiger partial charge on any atom is 0.210 e. The Morgan fingerprint density at radius 3 is 2.48 bits per heavy atom. The zero-order chi connectivity index (χ0) is 17.8. The number of methoxy groups -OCH3 is 2. The van der Waals surface area contributed by atoms with Crippen LogP contribution >= 0.6 is 0 Å². The smallest absolute Gasteiger partial charge is 0.210 e. The van der Waals surface area contributed by atoms with Crippen molar-refractivity contribution in [2.45, 2.75) is 13.0 Å². The van der Waals surface area contributed by atoms with Crippen molar-refractivity contribution in [3.8, 4) is 11.5 Å². The Morgan fingerprint density at radius 1 is 1.08 bits per heavy atom. The Kier molecular flexibility index (Phi) is 4.93. The second-order valence-electron chi connectivity index (χ2n) is 5.93. The third-order valence-electron chi connectivity index (χ3n) is 4.35. The molecule has 0 radical (unpaired) electrons. The first-order valence-corrected chi connectivity index (χ1v) is 8.18. The molecule has 0 aliphatic carbocycles. The van der Waals surface area contributed by atoms with E-state index in [0.29, 0.717) is 41.4 Å². The summed E-state index contributed by atoms with van der Waals surface area (Å²) in [6.45, 7) is 1.41. The maximum atomic E-state index is 13.0. The highest BCUT2D eigenvalue weighted by Gasteiger charge is 2.28. The number of ketones is 1. The summed E-state index contributed by atoms with van der Waals surface area (Å²) in [6, 6.07) is 15.2. The van der Waals surface area contributed by atoms with Crippen LogP contribution in [0.1, 0.15) is 22.3 Å². The molecule has 130 valence electrons. The molecule has 2 aromatic carbocycles. The van der Waals surface area contributed by atoms with Gasteiger partial charge < -0.3 is 20.1 Å². The minimum atomic E-state index is -0.0908. The number of hydrogen-bond donors (Lipinski definition) is 1. The van der Waals surface area contributed by atoms with Crippen molar-refractivity contribution in [3.05, 3.63) is 71.1 Å². The molecule has 5 nitrogen and oxygen atoms in total. The van der Waals surface area contributed by atoms with Crippen molar-refractivity contribution in [2.24, 2.45) is 5.73 Å².